The molecule has 0 aliphatic heterocycles. The highest BCUT2D eigenvalue weighted by Crippen LogP contribution is 2.16. The van der Waals surface area contributed by atoms with Crippen molar-refractivity contribution >= 4 is 11.9 Å². The van der Waals surface area contributed by atoms with E-state index in [2.05, 4.69) is 4.84 Å². The average molecular weight is 263 g/mol. The summed E-state index contributed by atoms with van der Waals surface area (Å²) in [5.74, 6) is -3.00. The number of hydrogen-bond donors (Lipinski definition) is 1. The highest BCUT2D eigenvalue weighted by Gasteiger charge is 2.42. The molecule has 0 aliphatic rings. The lowest BCUT2D eigenvalue weighted by Gasteiger charge is -2.07. The number of alkyl halides is 3. The van der Waals surface area contributed by atoms with Gasteiger partial charge in [0.2, 0.25) is 0 Å². The van der Waals surface area contributed by atoms with Gasteiger partial charge in [0.15, 0.2) is 0 Å². The quantitative estimate of drug-likeness (QED) is 0.820. The largest absolute Gasteiger partial charge is 0.497 e. The van der Waals surface area contributed by atoms with Gasteiger partial charge in [0.25, 0.3) is 5.91 Å². The molecule has 0 heterocycles. The summed E-state index contributed by atoms with van der Waals surface area (Å²) in [6.45, 7) is 0. The number of benzene rings is 1. The number of hydrogen-bond acceptors (Lipinski definition) is 4. The van der Waals surface area contributed by atoms with Crippen LogP contribution in [-0.4, -0.2) is 25.2 Å². The van der Waals surface area contributed by atoms with Crippen molar-refractivity contribution in [2.45, 2.75) is 6.18 Å². The maximum Gasteiger partial charge on any atom is 0.493 e. The third kappa shape index (κ3) is 3.65. The van der Waals surface area contributed by atoms with Crippen molar-refractivity contribution in [1.82, 2.24) is 5.48 Å². The van der Waals surface area contributed by atoms with Crippen molar-refractivity contribution in [3.63, 3.8) is 0 Å². The number of hydroxylamine groups is 1. The summed E-state index contributed by atoms with van der Waals surface area (Å²) in [6.07, 6.45) is -5.16. The maximum atomic E-state index is 11.8. The lowest BCUT2D eigenvalue weighted by atomic mass is 10.2. The Morgan fingerprint density at radius 2 is 1.72 bits per heavy atom. The van der Waals surface area contributed by atoms with Crippen molar-refractivity contribution < 1.29 is 32.3 Å². The van der Waals surface area contributed by atoms with Crippen LogP contribution in [0.1, 0.15) is 10.4 Å². The van der Waals surface area contributed by atoms with Crippen LogP contribution in [0.3, 0.4) is 0 Å². The summed E-state index contributed by atoms with van der Waals surface area (Å²) >= 11 is 0. The number of nitrogens with one attached hydrogen (secondary N) is 1. The van der Waals surface area contributed by atoms with E-state index in [0.29, 0.717) is 5.75 Å². The first-order chi connectivity index (χ1) is 8.34. The molecular weight excluding hydrogens is 255 g/mol. The fourth-order valence-electron chi connectivity index (χ4n) is 0.952. The molecule has 8 heteroatoms. The fourth-order valence-corrected chi connectivity index (χ4v) is 0.952. The van der Waals surface area contributed by atoms with Gasteiger partial charge in [-0.1, -0.05) is 0 Å². The zero-order chi connectivity index (χ0) is 13.8. The molecule has 0 radical (unpaired) electrons. The monoisotopic (exact) mass is 263 g/mol. The number of amides is 1. The molecule has 1 aromatic carbocycles. The standard InChI is InChI=1S/C10H8F3NO4/c1-17-7-4-2-6(3-5-7)8(15)14-18-9(16)10(11,12)13/h2-5H,1H3,(H,14,15). The van der Waals surface area contributed by atoms with Gasteiger partial charge in [-0.25, -0.2) is 4.79 Å². The van der Waals surface area contributed by atoms with E-state index in [1.807, 2.05) is 0 Å². The molecule has 0 saturated heterocycles. The molecule has 1 rings (SSSR count). The van der Waals surface area contributed by atoms with Crippen LogP contribution >= 0.6 is 0 Å². The molecule has 0 fully saturated rings. The Hall–Kier alpha value is -2.25. The van der Waals surface area contributed by atoms with Crippen LogP contribution in [0.25, 0.3) is 0 Å². The second kappa shape index (κ2) is 5.39. The van der Waals surface area contributed by atoms with E-state index in [4.69, 9.17) is 4.74 Å². The smallest absolute Gasteiger partial charge is 0.493 e. The van der Waals surface area contributed by atoms with Gasteiger partial charge < -0.3 is 9.57 Å². The lowest BCUT2D eigenvalue weighted by molar-refractivity contribution is -0.204. The van der Waals surface area contributed by atoms with Crippen LogP contribution in [0.4, 0.5) is 13.2 Å². The van der Waals surface area contributed by atoms with E-state index in [1.165, 1.54) is 36.9 Å². The highest BCUT2D eigenvalue weighted by molar-refractivity contribution is 5.94. The molecule has 98 valence electrons. The van der Waals surface area contributed by atoms with Gasteiger partial charge >= 0.3 is 12.1 Å². The van der Waals surface area contributed by atoms with E-state index in [1.54, 1.807) is 0 Å². The van der Waals surface area contributed by atoms with E-state index in [-0.39, 0.29) is 5.56 Å². The Morgan fingerprint density at radius 3 is 2.17 bits per heavy atom. The SMILES string of the molecule is COc1ccc(C(=O)NOC(=O)C(F)(F)F)cc1. The Balaban J connectivity index is 2.58. The van der Waals surface area contributed by atoms with Crippen molar-refractivity contribution in [3.8, 4) is 5.75 Å². The number of carbonyl (C=O) groups is 2. The number of ether oxygens (including phenoxy) is 1. The zero-order valence-corrected chi connectivity index (χ0v) is 9.08. The predicted octanol–water partition coefficient (Wildman–Crippen LogP) is 1.45. The first-order valence-electron chi connectivity index (χ1n) is 4.57. The molecule has 0 spiro atoms. The summed E-state index contributed by atoms with van der Waals surface area (Å²) in [6, 6.07) is 5.46. The normalized spacial score (nSPS) is 10.7. The van der Waals surface area contributed by atoms with E-state index < -0.39 is 18.1 Å². The number of halogens is 3. The Morgan fingerprint density at radius 1 is 1.17 bits per heavy atom. The summed E-state index contributed by atoms with van der Waals surface area (Å²) in [5, 5.41) is 0. The molecular formula is C10H8F3NO4. The number of methoxy groups -OCH3 is 1. The topological polar surface area (TPSA) is 64.6 Å². The van der Waals surface area contributed by atoms with Crippen LogP contribution in [0.15, 0.2) is 24.3 Å². The minimum atomic E-state index is -5.16. The molecule has 1 N–H and O–H groups in total. The van der Waals surface area contributed by atoms with Crippen molar-refractivity contribution in [2.24, 2.45) is 0 Å². The van der Waals surface area contributed by atoms with E-state index in [9.17, 15) is 22.8 Å². The Kier molecular flexibility index (Phi) is 4.13. The molecule has 0 aliphatic carbocycles. The average Bonchev–Trinajstić information content (AvgIpc) is 2.34. The third-order valence-corrected chi connectivity index (χ3v) is 1.82. The van der Waals surface area contributed by atoms with Gasteiger partial charge in [0.1, 0.15) is 5.75 Å². The predicted molar refractivity (Wildman–Crippen MR) is 52.6 cm³/mol. The molecule has 0 saturated carbocycles. The van der Waals surface area contributed by atoms with Crippen LogP contribution in [0.5, 0.6) is 5.75 Å². The van der Waals surface area contributed by atoms with Crippen LogP contribution in [0, 0.1) is 0 Å². The minimum Gasteiger partial charge on any atom is -0.497 e. The van der Waals surface area contributed by atoms with Crippen LogP contribution < -0.4 is 10.2 Å². The molecule has 5 nitrogen and oxygen atoms in total. The molecule has 1 amide bonds. The molecule has 0 atom stereocenters. The lowest BCUT2D eigenvalue weighted by Crippen LogP contribution is -2.34. The summed E-state index contributed by atoms with van der Waals surface area (Å²) in [4.78, 5) is 25.2. The Bertz CT molecular complexity index is 441. The van der Waals surface area contributed by atoms with Crippen molar-refractivity contribution in [2.75, 3.05) is 7.11 Å². The second-order valence-electron chi connectivity index (χ2n) is 3.05. The van der Waals surface area contributed by atoms with Gasteiger partial charge in [-0.15, -0.1) is 0 Å². The van der Waals surface area contributed by atoms with E-state index >= 15 is 0 Å². The second-order valence-corrected chi connectivity index (χ2v) is 3.05. The van der Waals surface area contributed by atoms with E-state index in [0.717, 1.165) is 0 Å². The van der Waals surface area contributed by atoms with Gasteiger partial charge in [-0.05, 0) is 24.3 Å². The van der Waals surface area contributed by atoms with Gasteiger partial charge in [0.05, 0.1) is 7.11 Å². The Labute approximate surface area is 99.4 Å². The summed E-state index contributed by atoms with van der Waals surface area (Å²) < 4.78 is 40.1. The molecule has 0 aromatic heterocycles. The molecule has 18 heavy (non-hydrogen) atoms. The summed E-state index contributed by atoms with van der Waals surface area (Å²) in [7, 11) is 1.42. The first kappa shape index (κ1) is 13.8. The molecule has 0 unspecified atom stereocenters. The summed E-state index contributed by atoms with van der Waals surface area (Å²) in [5.41, 5.74) is 1.41. The highest BCUT2D eigenvalue weighted by atomic mass is 19.4. The van der Waals surface area contributed by atoms with Crippen LogP contribution in [0.2, 0.25) is 0 Å². The minimum absolute atomic E-state index is 0.0192. The number of carbonyl (C=O) groups excluding carboxylic acids is 2. The van der Waals surface area contributed by atoms with Crippen LogP contribution in [-0.2, 0) is 9.63 Å². The molecule has 1 aromatic rings. The maximum absolute atomic E-state index is 11.8. The van der Waals surface area contributed by atoms with Crippen molar-refractivity contribution in [1.29, 1.82) is 0 Å². The number of rotatable bonds is 2. The van der Waals surface area contributed by atoms with Crippen molar-refractivity contribution in [3.05, 3.63) is 29.8 Å². The zero-order valence-electron chi connectivity index (χ0n) is 9.08. The molecule has 0 bridgehead atoms. The van der Waals surface area contributed by atoms with Gasteiger partial charge in [0, 0.05) is 5.56 Å². The third-order valence-electron chi connectivity index (χ3n) is 1.82. The fraction of sp³-hybridized carbons (Fsp3) is 0.200. The van der Waals surface area contributed by atoms with Gasteiger partial charge in [-0.3, -0.25) is 4.79 Å². The first-order valence-corrected chi connectivity index (χ1v) is 4.57. The van der Waals surface area contributed by atoms with Gasteiger partial charge in [-0.2, -0.15) is 18.7 Å².